The molecular weight excluding hydrogens is 787 g/mol. The van der Waals surface area contributed by atoms with E-state index in [1.54, 1.807) is 0 Å². The summed E-state index contributed by atoms with van der Waals surface area (Å²) in [6, 6.07) is 69.5. The molecule has 0 aliphatic carbocycles. The van der Waals surface area contributed by atoms with Crippen LogP contribution in [0, 0.1) is 0 Å². The topological polar surface area (TPSA) is 74.8 Å². The minimum Gasteiger partial charge on any atom is -0.456 e. The average molecular weight is 820 g/mol. The highest BCUT2D eigenvalue weighted by Crippen LogP contribution is 2.45. The van der Waals surface area contributed by atoms with Gasteiger partial charge in [-0.15, -0.1) is 0 Å². The quantitative estimate of drug-likeness (QED) is 0.173. The van der Waals surface area contributed by atoms with Crippen LogP contribution in [-0.2, 0) is 0 Å². The zero-order chi connectivity index (χ0) is 41.9. The number of hydrogen-bond donors (Lipinski definition) is 0. The van der Waals surface area contributed by atoms with Gasteiger partial charge >= 0.3 is 0 Å². The predicted octanol–water partition coefficient (Wildman–Crippen LogP) is 14.9. The molecule has 14 rings (SSSR count). The predicted molar refractivity (Wildman–Crippen MR) is 259 cm³/mol. The fourth-order valence-electron chi connectivity index (χ4n) is 10.1. The van der Waals surface area contributed by atoms with Crippen molar-refractivity contribution in [2.75, 3.05) is 0 Å². The van der Waals surface area contributed by atoms with E-state index in [-0.39, 0.29) is 0 Å². The van der Waals surface area contributed by atoms with Gasteiger partial charge in [-0.05, 0) is 47.5 Å². The second-order valence-electron chi connectivity index (χ2n) is 16.3. The van der Waals surface area contributed by atoms with Gasteiger partial charge in [0.1, 0.15) is 16.7 Å². The van der Waals surface area contributed by atoms with E-state index in [1.807, 2.05) is 48.5 Å². The van der Waals surface area contributed by atoms with Gasteiger partial charge in [-0.2, -0.15) is 9.97 Å². The Labute approximate surface area is 364 Å². The molecule has 0 aliphatic heterocycles. The van der Waals surface area contributed by atoms with Gasteiger partial charge in [0.05, 0.1) is 27.8 Å². The van der Waals surface area contributed by atoms with E-state index in [0.29, 0.717) is 17.6 Å². The van der Waals surface area contributed by atoms with E-state index in [4.69, 9.17) is 23.8 Å². The Bertz CT molecular complexity index is 4200. The molecule has 0 unspecified atom stereocenters. The van der Waals surface area contributed by atoms with Gasteiger partial charge in [-0.25, -0.2) is 4.98 Å². The maximum atomic E-state index is 6.97. The summed E-state index contributed by atoms with van der Waals surface area (Å²) in [5.74, 6) is 1.64. The summed E-state index contributed by atoms with van der Waals surface area (Å²) >= 11 is 0. The molecule has 0 atom stereocenters. The normalized spacial score (nSPS) is 12.1. The maximum absolute atomic E-state index is 6.97. The van der Waals surface area contributed by atoms with Crippen LogP contribution in [0.5, 0.6) is 0 Å². The first-order valence-electron chi connectivity index (χ1n) is 21.4. The number of fused-ring (bicyclic) bond motifs is 13. The van der Waals surface area contributed by atoms with Gasteiger partial charge in [-0.1, -0.05) is 164 Å². The lowest BCUT2D eigenvalue weighted by Crippen LogP contribution is -2.07. The molecule has 64 heavy (non-hydrogen) atoms. The number of hydrogen-bond acceptors (Lipinski definition) is 5. The molecule has 14 aromatic rings. The Balaban J connectivity index is 1.12. The van der Waals surface area contributed by atoms with Crippen LogP contribution in [0.15, 0.2) is 209 Å². The van der Waals surface area contributed by atoms with E-state index < -0.39 is 0 Å². The van der Waals surface area contributed by atoms with E-state index in [0.717, 1.165) is 115 Å². The van der Waals surface area contributed by atoms with E-state index in [1.165, 1.54) is 0 Å². The Morgan fingerprint density at radius 2 is 0.859 bits per heavy atom. The lowest BCUT2D eigenvalue weighted by Gasteiger charge is -2.13. The van der Waals surface area contributed by atoms with Gasteiger partial charge in [0.2, 0.25) is 5.95 Å². The van der Waals surface area contributed by atoms with Crippen molar-refractivity contribution in [3.63, 3.8) is 0 Å². The Hall–Kier alpha value is -8.81. The van der Waals surface area contributed by atoms with Crippen LogP contribution in [0.1, 0.15) is 0 Å². The largest absolute Gasteiger partial charge is 0.456 e. The van der Waals surface area contributed by atoms with Crippen molar-refractivity contribution < 1.29 is 8.83 Å². The summed E-state index contributed by atoms with van der Waals surface area (Å²) in [5.41, 5.74) is 12.3. The number of furan rings is 2. The van der Waals surface area contributed by atoms with Crippen LogP contribution >= 0.6 is 0 Å². The van der Waals surface area contributed by atoms with Crippen molar-refractivity contribution >= 4 is 87.5 Å². The molecule has 0 amide bonds. The van der Waals surface area contributed by atoms with E-state index in [2.05, 4.69) is 161 Å². The highest BCUT2D eigenvalue weighted by molar-refractivity contribution is 6.24. The van der Waals surface area contributed by atoms with Gasteiger partial charge in [0.15, 0.2) is 17.2 Å². The van der Waals surface area contributed by atoms with Gasteiger partial charge in [0, 0.05) is 54.2 Å². The maximum Gasteiger partial charge on any atom is 0.238 e. The summed E-state index contributed by atoms with van der Waals surface area (Å²) in [4.78, 5) is 16.1. The molecule has 0 fully saturated rings. The molecule has 5 heterocycles. The molecule has 5 aromatic heterocycles. The van der Waals surface area contributed by atoms with Crippen LogP contribution < -0.4 is 0 Å². The minimum atomic E-state index is 0.513. The second-order valence-corrected chi connectivity index (χ2v) is 16.3. The first kappa shape index (κ1) is 34.9. The monoisotopic (exact) mass is 819 g/mol. The summed E-state index contributed by atoms with van der Waals surface area (Å²) in [5, 5.41) is 8.55. The first-order chi connectivity index (χ1) is 31.8. The number of benzene rings is 9. The summed E-state index contributed by atoms with van der Waals surface area (Å²) < 4.78 is 18.0. The Morgan fingerprint density at radius 1 is 0.328 bits per heavy atom. The van der Waals surface area contributed by atoms with Crippen LogP contribution in [0.4, 0.5) is 0 Å². The second kappa shape index (κ2) is 13.3. The van der Waals surface area contributed by atoms with Crippen molar-refractivity contribution in [1.82, 2.24) is 24.1 Å². The lowest BCUT2D eigenvalue weighted by atomic mass is 9.99. The molecule has 0 saturated carbocycles. The number of rotatable bonds is 5. The molecule has 0 aliphatic rings. The molecular formula is C57H33N5O2. The molecule has 298 valence electrons. The fraction of sp³-hybridized carbons (Fsp3) is 0. The molecule has 7 nitrogen and oxygen atoms in total. The third-order valence-electron chi connectivity index (χ3n) is 12.8. The first-order valence-corrected chi connectivity index (χ1v) is 21.4. The van der Waals surface area contributed by atoms with Crippen LogP contribution in [0.25, 0.3) is 133 Å². The van der Waals surface area contributed by atoms with Crippen molar-refractivity contribution in [1.29, 1.82) is 0 Å². The molecule has 7 heteroatoms. The summed E-state index contributed by atoms with van der Waals surface area (Å²) in [6.45, 7) is 0. The smallest absolute Gasteiger partial charge is 0.238 e. The zero-order valence-corrected chi connectivity index (χ0v) is 34.1. The Kier molecular flexibility index (Phi) is 7.27. The average Bonchev–Trinajstić information content (AvgIpc) is 4.12. The van der Waals surface area contributed by atoms with Crippen LogP contribution in [0.3, 0.4) is 0 Å². The fourth-order valence-corrected chi connectivity index (χ4v) is 10.1. The van der Waals surface area contributed by atoms with Crippen molar-refractivity contribution in [3.05, 3.63) is 200 Å². The van der Waals surface area contributed by atoms with Gasteiger partial charge in [0.25, 0.3) is 0 Å². The third kappa shape index (κ3) is 4.94. The molecule has 0 N–H and O–H groups in total. The number of nitrogens with zero attached hydrogens (tertiary/aromatic N) is 5. The number of aromatic nitrogens is 5. The summed E-state index contributed by atoms with van der Waals surface area (Å²) in [6.07, 6.45) is 0. The van der Waals surface area contributed by atoms with Gasteiger partial charge < -0.3 is 13.4 Å². The molecule has 9 aromatic carbocycles. The molecule has 0 radical (unpaired) electrons. The third-order valence-corrected chi connectivity index (χ3v) is 12.8. The van der Waals surface area contributed by atoms with Crippen molar-refractivity contribution in [3.8, 4) is 45.5 Å². The van der Waals surface area contributed by atoms with E-state index in [9.17, 15) is 0 Å². The van der Waals surface area contributed by atoms with Crippen molar-refractivity contribution in [2.45, 2.75) is 0 Å². The van der Waals surface area contributed by atoms with Gasteiger partial charge in [-0.3, -0.25) is 4.57 Å². The molecule has 0 spiro atoms. The molecule has 0 saturated heterocycles. The highest BCUT2D eigenvalue weighted by Gasteiger charge is 2.26. The molecule has 0 bridgehead atoms. The highest BCUT2D eigenvalue weighted by atomic mass is 16.3. The van der Waals surface area contributed by atoms with Crippen LogP contribution in [0.2, 0.25) is 0 Å². The minimum absolute atomic E-state index is 0.513. The SMILES string of the molecule is c1ccc(-c2nc(-c3cccc4oc5ccccc5c34)nc(-n3c4ccccc4c4ccc5c6ccccc6n(-c6cccc7c6oc6cccc(-c8ccccc8)c67)c5c43)n2)cc1. The summed E-state index contributed by atoms with van der Waals surface area (Å²) in [7, 11) is 0. The number of para-hydroxylation sites is 4. The lowest BCUT2D eigenvalue weighted by molar-refractivity contribution is 0.666. The Morgan fingerprint density at radius 3 is 1.61 bits per heavy atom. The van der Waals surface area contributed by atoms with Crippen LogP contribution in [-0.4, -0.2) is 24.1 Å². The zero-order valence-electron chi connectivity index (χ0n) is 34.1. The standard InChI is InChI=1S/C57H33N5O2/c1-3-16-34(17-4-1)36-23-14-31-49-50(36)42-24-13-28-46(54(42)64-49)61-44-26-10-7-20-37(44)39-32-33-40-38-21-8-11-27-45(38)62(53(40)52(39)61)57-59-55(35-18-5-2-6-19-35)58-56(60-57)43-25-15-30-48-51(43)41-22-9-12-29-47(41)63-48/h1-33H. The van der Waals surface area contributed by atoms with E-state index >= 15 is 0 Å². The van der Waals surface area contributed by atoms with Crippen molar-refractivity contribution in [2.24, 2.45) is 0 Å².